The van der Waals surface area contributed by atoms with Crippen molar-refractivity contribution in [2.45, 2.75) is 68.6 Å². The summed E-state index contributed by atoms with van der Waals surface area (Å²) in [5, 5.41) is 1.45. The van der Waals surface area contributed by atoms with Gasteiger partial charge >= 0.3 is 35.5 Å². The molecule has 1 aliphatic carbocycles. The summed E-state index contributed by atoms with van der Waals surface area (Å²) in [5.41, 5.74) is 2.49. The topological polar surface area (TPSA) is 213 Å². The maximum absolute atomic E-state index is 12.4. The number of methoxy groups -OCH3 is 2. The summed E-state index contributed by atoms with van der Waals surface area (Å²) in [7, 11) is -5.87. The van der Waals surface area contributed by atoms with E-state index in [0.29, 0.717) is 79.9 Å². The minimum absolute atomic E-state index is 0. The maximum Gasteiger partial charge on any atom is 1.00 e. The number of fused-ring (bicyclic) bond motifs is 2. The number of benzene rings is 2. The molecule has 16 nitrogen and oxygen atoms in total. The number of amides is 2. The molecule has 1 fully saturated rings. The standard InChI is InChI=1S/C40H49N3O13S2.Na/c1-40(19-8-26-57(47,48)49)33-28-31(58(50,51)52)13-15-34(33)42(20-6-4-5-11-39(46)56-43-37(44)16-17-38(43)45)36(40)10-7-9-29-18-23-55-35-27-30(12-14-32(29)35)41(21-24-53-2)22-25-54-3;/h7,9-10,12-15,18,23,27-28H,4-6,8,11,16-17,19-22,24-26H2,1-3H3,(H-,47,48,49,50,51,52);/q;+1. The average Bonchev–Trinajstić information content (AvgIpc) is 3.60. The van der Waals surface area contributed by atoms with Crippen molar-refractivity contribution >= 4 is 49.8 Å². The number of nitrogens with zero attached hydrogens (tertiary/aromatic N) is 3. The molecule has 0 spiro atoms. The fourth-order valence-corrected chi connectivity index (χ4v) is 8.30. The molecule has 1 aromatic carbocycles. The minimum Gasteiger partial charge on any atom is -0.744 e. The van der Waals surface area contributed by atoms with Crippen molar-refractivity contribution < 1.29 is 88.6 Å². The van der Waals surface area contributed by atoms with Crippen molar-refractivity contribution in [1.82, 2.24) is 9.64 Å². The van der Waals surface area contributed by atoms with E-state index in [9.17, 15) is 40.3 Å². The molecule has 3 aliphatic heterocycles. The van der Waals surface area contributed by atoms with Gasteiger partial charge in [0.25, 0.3) is 21.9 Å². The van der Waals surface area contributed by atoms with E-state index in [1.165, 1.54) is 12.1 Å². The van der Waals surface area contributed by atoms with Gasteiger partial charge in [0, 0.05) is 68.5 Å². The Morgan fingerprint density at radius 1 is 0.966 bits per heavy atom. The number of hydrogen-bond donors (Lipinski definition) is 1. The van der Waals surface area contributed by atoms with Gasteiger partial charge < -0.3 is 28.2 Å². The van der Waals surface area contributed by atoms with Gasteiger partial charge in [0.15, 0.2) is 13.1 Å². The van der Waals surface area contributed by atoms with E-state index < -0.39 is 54.1 Å². The number of imide groups is 1. The molecule has 0 saturated carbocycles. The third kappa shape index (κ3) is 12.4. The Morgan fingerprint density at radius 2 is 1.66 bits per heavy atom. The first-order valence-corrected chi connectivity index (χ1v) is 21.9. The van der Waals surface area contributed by atoms with Crippen LogP contribution in [0.25, 0.3) is 17.4 Å². The van der Waals surface area contributed by atoms with Crippen molar-refractivity contribution in [2.24, 2.45) is 0 Å². The van der Waals surface area contributed by atoms with Gasteiger partial charge in [-0.05, 0) is 80.1 Å². The Morgan fingerprint density at radius 3 is 2.31 bits per heavy atom. The van der Waals surface area contributed by atoms with Crippen LogP contribution in [0.3, 0.4) is 0 Å². The molecule has 3 heterocycles. The third-order valence-electron chi connectivity index (χ3n) is 10.3. The molecule has 0 aromatic heterocycles. The predicted molar refractivity (Wildman–Crippen MR) is 212 cm³/mol. The van der Waals surface area contributed by atoms with Gasteiger partial charge in [0.1, 0.15) is 29.1 Å². The fraction of sp³-hybridized carbons (Fsp3) is 0.450. The Kier molecular flexibility index (Phi) is 17.2. The number of hydroxylamine groups is 2. The number of rotatable bonds is 20. The molecule has 2 amide bonds. The second-order valence-corrected chi connectivity index (χ2v) is 17.3. The molecule has 0 radical (unpaired) electrons. The van der Waals surface area contributed by atoms with Crippen LogP contribution >= 0.6 is 0 Å². The second kappa shape index (κ2) is 21.2. The summed E-state index contributed by atoms with van der Waals surface area (Å²) in [6.07, 6.45) is 8.81. The summed E-state index contributed by atoms with van der Waals surface area (Å²) < 4.78 is 88.2. The van der Waals surface area contributed by atoms with E-state index in [1.54, 1.807) is 26.5 Å². The van der Waals surface area contributed by atoms with Crippen LogP contribution in [0, 0.1) is 0 Å². The molecule has 4 aliphatic rings. The first-order valence-electron chi connectivity index (χ1n) is 18.9. The van der Waals surface area contributed by atoms with Crippen LogP contribution in [0.4, 0.5) is 5.69 Å². The molecule has 314 valence electrons. The van der Waals surface area contributed by atoms with E-state index in [1.807, 2.05) is 54.3 Å². The Bertz CT molecular complexity index is 2300. The van der Waals surface area contributed by atoms with Crippen LogP contribution in [-0.4, -0.2) is 102 Å². The summed E-state index contributed by atoms with van der Waals surface area (Å²) in [5.74, 6) is -1.71. The molecule has 1 N–H and O–H groups in total. The van der Waals surface area contributed by atoms with Gasteiger partial charge in [0.05, 0.1) is 23.0 Å². The molecule has 5 rings (SSSR count). The van der Waals surface area contributed by atoms with Crippen molar-refractivity contribution in [3.8, 4) is 11.3 Å². The Hall–Kier alpha value is -3.72. The van der Waals surface area contributed by atoms with Crippen LogP contribution in [0.2, 0.25) is 0 Å². The Balaban J connectivity index is 0.00000769. The first-order chi connectivity index (χ1) is 27.6. The first kappa shape index (κ1) is 48.0. The molecule has 1 atom stereocenters. The van der Waals surface area contributed by atoms with Crippen LogP contribution in [-0.2, 0) is 54.3 Å². The quantitative estimate of drug-likeness (QED) is 0.0549. The smallest absolute Gasteiger partial charge is 0.744 e. The number of anilines is 1. The van der Waals surface area contributed by atoms with Gasteiger partial charge in [-0.25, -0.2) is 17.8 Å². The molecular weight excluding hydrogens is 818 g/mol. The van der Waals surface area contributed by atoms with Gasteiger partial charge in [-0.1, -0.05) is 18.6 Å². The number of carbonyl (C=O) groups is 3. The number of allylic oxidation sites excluding steroid dienone is 3. The van der Waals surface area contributed by atoms with Gasteiger partial charge in [-0.2, -0.15) is 8.42 Å². The fourth-order valence-electron chi connectivity index (χ4n) is 7.30. The molecular formula is C40H49N3NaO13S2+. The maximum atomic E-state index is 12.4. The van der Waals surface area contributed by atoms with E-state index in [2.05, 4.69) is 4.58 Å². The molecule has 1 saturated heterocycles. The summed E-state index contributed by atoms with van der Waals surface area (Å²) in [6, 6.07) is 11.8. The van der Waals surface area contributed by atoms with Crippen LogP contribution in [0.5, 0.6) is 0 Å². The van der Waals surface area contributed by atoms with Crippen molar-refractivity contribution in [3.63, 3.8) is 0 Å². The second-order valence-electron chi connectivity index (χ2n) is 14.3. The van der Waals surface area contributed by atoms with E-state index in [-0.39, 0.29) is 61.7 Å². The molecule has 59 heavy (non-hydrogen) atoms. The molecule has 19 heteroatoms. The van der Waals surface area contributed by atoms with E-state index in [0.717, 1.165) is 16.5 Å². The zero-order chi connectivity index (χ0) is 42.1. The zero-order valence-electron chi connectivity index (χ0n) is 33.8. The van der Waals surface area contributed by atoms with E-state index in [4.69, 9.17) is 18.7 Å². The van der Waals surface area contributed by atoms with Crippen LogP contribution < -0.4 is 44.4 Å². The molecule has 1 unspecified atom stereocenters. The summed E-state index contributed by atoms with van der Waals surface area (Å²) >= 11 is 0. The predicted octanol–water partition coefficient (Wildman–Crippen LogP) is 0.868. The molecule has 0 bridgehead atoms. The summed E-state index contributed by atoms with van der Waals surface area (Å²) in [6.45, 7) is 4.59. The zero-order valence-corrected chi connectivity index (χ0v) is 37.4. The van der Waals surface area contributed by atoms with E-state index >= 15 is 0 Å². The Labute approximate surface area is 366 Å². The number of hydrogen-bond acceptors (Lipinski definition) is 13. The van der Waals surface area contributed by atoms with Crippen LogP contribution in [0.15, 0.2) is 75.9 Å². The van der Waals surface area contributed by atoms with Crippen molar-refractivity contribution in [1.29, 1.82) is 0 Å². The number of ether oxygens (including phenoxy) is 2. The SMILES string of the molecule is COCC[N+](CCOC)=c1ccc2c(/C=C/C=C3/N(CCCCCC(=O)ON4C(=O)CCC4=O)c4ccc(S(=O)(=O)[O-])cc4C3(C)CCCS(=O)(=O)O)ccoc-2c1.[Na+]. The van der Waals surface area contributed by atoms with Gasteiger partial charge in [0.2, 0.25) is 5.36 Å². The monoisotopic (exact) mass is 866 g/mol. The van der Waals surface area contributed by atoms with Crippen molar-refractivity contribution in [3.05, 3.63) is 83.1 Å². The average molecular weight is 867 g/mol. The van der Waals surface area contributed by atoms with Gasteiger partial charge in [-0.3, -0.25) is 14.1 Å². The normalized spacial score (nSPS) is 17.6. The summed E-state index contributed by atoms with van der Waals surface area (Å²) in [4.78, 5) is 42.6. The minimum atomic E-state index is -4.84. The third-order valence-corrected chi connectivity index (χ3v) is 11.9. The molecule has 1 aromatic rings. The van der Waals surface area contributed by atoms with Gasteiger partial charge in [-0.15, -0.1) is 5.06 Å². The number of carbonyl (C=O) groups excluding carboxylic acids is 3. The van der Waals surface area contributed by atoms with Crippen LogP contribution in [0.1, 0.15) is 69.4 Å². The number of unbranched alkanes of at least 4 members (excludes halogenated alkanes) is 2. The largest absolute Gasteiger partial charge is 1.00 e. The van der Waals surface area contributed by atoms with Crippen molar-refractivity contribution in [2.75, 3.05) is 57.7 Å².